The van der Waals surface area contributed by atoms with Crippen molar-refractivity contribution in [2.24, 2.45) is 0 Å². The molecule has 3 rings (SSSR count). The van der Waals surface area contributed by atoms with Crippen LogP contribution in [0.15, 0.2) is 36.5 Å². The Morgan fingerprint density at radius 3 is 2.90 bits per heavy atom. The number of anilines is 3. The van der Waals surface area contributed by atoms with Gasteiger partial charge in [0.05, 0.1) is 20.3 Å². The van der Waals surface area contributed by atoms with E-state index in [0.717, 1.165) is 43.6 Å². The molecule has 1 saturated heterocycles. The fourth-order valence-electron chi connectivity index (χ4n) is 2.21. The molecule has 6 heteroatoms. The SMILES string of the molecule is COc1cccc(Nc2nccc(N3CCOCC3)n2)c1. The highest BCUT2D eigenvalue weighted by molar-refractivity contribution is 5.57. The molecule has 0 atom stereocenters. The number of methoxy groups -OCH3 is 1. The third-order valence-corrected chi connectivity index (χ3v) is 3.30. The van der Waals surface area contributed by atoms with E-state index in [1.54, 1.807) is 13.3 Å². The number of rotatable bonds is 4. The molecule has 1 aliphatic rings. The number of aromatic nitrogens is 2. The third-order valence-electron chi connectivity index (χ3n) is 3.30. The summed E-state index contributed by atoms with van der Waals surface area (Å²) in [5.41, 5.74) is 0.897. The molecule has 0 amide bonds. The highest BCUT2D eigenvalue weighted by Gasteiger charge is 2.13. The molecule has 0 unspecified atom stereocenters. The molecule has 110 valence electrons. The van der Waals surface area contributed by atoms with Gasteiger partial charge in [-0.25, -0.2) is 4.98 Å². The summed E-state index contributed by atoms with van der Waals surface area (Å²) in [5.74, 6) is 2.29. The molecular formula is C15H18N4O2. The molecule has 6 nitrogen and oxygen atoms in total. The lowest BCUT2D eigenvalue weighted by Gasteiger charge is -2.27. The summed E-state index contributed by atoms with van der Waals surface area (Å²) in [4.78, 5) is 11.0. The first-order valence-corrected chi connectivity index (χ1v) is 6.92. The zero-order valence-corrected chi connectivity index (χ0v) is 12.0. The molecule has 1 aliphatic heterocycles. The van der Waals surface area contributed by atoms with Crippen molar-refractivity contribution < 1.29 is 9.47 Å². The Labute approximate surface area is 123 Å². The third kappa shape index (κ3) is 3.41. The Morgan fingerprint density at radius 1 is 1.24 bits per heavy atom. The molecule has 1 aromatic carbocycles. The van der Waals surface area contributed by atoms with Crippen LogP contribution in [0.25, 0.3) is 0 Å². The van der Waals surface area contributed by atoms with Crippen LogP contribution >= 0.6 is 0 Å². The number of morpholine rings is 1. The lowest BCUT2D eigenvalue weighted by Crippen LogP contribution is -2.36. The lowest BCUT2D eigenvalue weighted by molar-refractivity contribution is 0.122. The number of hydrogen-bond donors (Lipinski definition) is 1. The fraction of sp³-hybridized carbons (Fsp3) is 0.333. The van der Waals surface area contributed by atoms with Gasteiger partial charge < -0.3 is 19.7 Å². The quantitative estimate of drug-likeness (QED) is 0.928. The topological polar surface area (TPSA) is 59.5 Å². The zero-order chi connectivity index (χ0) is 14.5. The Bertz CT molecular complexity index is 600. The minimum atomic E-state index is 0.576. The van der Waals surface area contributed by atoms with Crippen LogP contribution < -0.4 is 15.0 Å². The van der Waals surface area contributed by atoms with Crippen molar-refractivity contribution in [1.29, 1.82) is 0 Å². The summed E-state index contributed by atoms with van der Waals surface area (Å²) < 4.78 is 10.6. The van der Waals surface area contributed by atoms with Gasteiger partial charge in [0.15, 0.2) is 0 Å². The van der Waals surface area contributed by atoms with Crippen LogP contribution in [0.1, 0.15) is 0 Å². The second-order valence-electron chi connectivity index (χ2n) is 4.69. The average molecular weight is 286 g/mol. The molecular weight excluding hydrogens is 268 g/mol. The van der Waals surface area contributed by atoms with Gasteiger partial charge in [0.25, 0.3) is 0 Å². The van der Waals surface area contributed by atoms with E-state index in [-0.39, 0.29) is 0 Å². The first kappa shape index (κ1) is 13.6. The second kappa shape index (κ2) is 6.41. The maximum Gasteiger partial charge on any atom is 0.229 e. The van der Waals surface area contributed by atoms with E-state index >= 15 is 0 Å². The molecule has 2 aromatic rings. The number of benzene rings is 1. The maximum absolute atomic E-state index is 5.36. The fourth-order valence-corrected chi connectivity index (χ4v) is 2.21. The van der Waals surface area contributed by atoms with Gasteiger partial charge in [-0.1, -0.05) is 6.07 Å². The van der Waals surface area contributed by atoms with E-state index in [0.29, 0.717) is 5.95 Å². The van der Waals surface area contributed by atoms with Crippen molar-refractivity contribution in [2.45, 2.75) is 0 Å². The van der Waals surface area contributed by atoms with Gasteiger partial charge in [-0.2, -0.15) is 4.98 Å². The van der Waals surface area contributed by atoms with E-state index in [9.17, 15) is 0 Å². The van der Waals surface area contributed by atoms with Gasteiger partial charge in [-0.05, 0) is 18.2 Å². The molecule has 0 saturated carbocycles. The Hall–Kier alpha value is -2.34. The van der Waals surface area contributed by atoms with Crippen LogP contribution in [0.5, 0.6) is 5.75 Å². The zero-order valence-electron chi connectivity index (χ0n) is 12.0. The normalized spacial score (nSPS) is 14.8. The summed E-state index contributed by atoms with van der Waals surface area (Å²) in [6.07, 6.45) is 1.76. The molecule has 0 spiro atoms. The maximum atomic E-state index is 5.36. The van der Waals surface area contributed by atoms with Crippen molar-refractivity contribution in [3.8, 4) is 5.75 Å². The van der Waals surface area contributed by atoms with Crippen LogP contribution in [-0.4, -0.2) is 43.4 Å². The molecule has 1 aromatic heterocycles. The van der Waals surface area contributed by atoms with Crippen LogP contribution in [0.4, 0.5) is 17.5 Å². The summed E-state index contributed by atoms with van der Waals surface area (Å²) in [5, 5.41) is 3.20. The molecule has 0 bridgehead atoms. The lowest BCUT2D eigenvalue weighted by atomic mass is 10.3. The average Bonchev–Trinajstić information content (AvgIpc) is 2.56. The number of ether oxygens (including phenoxy) is 2. The smallest absolute Gasteiger partial charge is 0.229 e. The van der Waals surface area contributed by atoms with Crippen molar-refractivity contribution in [3.63, 3.8) is 0 Å². The molecule has 1 N–H and O–H groups in total. The van der Waals surface area contributed by atoms with Gasteiger partial charge in [0.2, 0.25) is 5.95 Å². The Balaban J connectivity index is 1.76. The van der Waals surface area contributed by atoms with Gasteiger partial charge in [0, 0.05) is 31.0 Å². The van der Waals surface area contributed by atoms with Gasteiger partial charge >= 0.3 is 0 Å². The van der Waals surface area contributed by atoms with E-state index in [2.05, 4.69) is 20.2 Å². The van der Waals surface area contributed by atoms with E-state index < -0.39 is 0 Å². The standard InChI is InChI=1S/C15H18N4O2/c1-20-13-4-2-3-12(11-13)17-15-16-6-5-14(18-15)19-7-9-21-10-8-19/h2-6,11H,7-10H2,1H3,(H,16,17,18). The van der Waals surface area contributed by atoms with E-state index in [1.165, 1.54) is 0 Å². The van der Waals surface area contributed by atoms with Crippen LogP contribution in [0.3, 0.4) is 0 Å². The minimum Gasteiger partial charge on any atom is -0.497 e. The molecule has 0 radical (unpaired) electrons. The highest BCUT2D eigenvalue weighted by Crippen LogP contribution is 2.20. The second-order valence-corrected chi connectivity index (χ2v) is 4.69. The predicted octanol–water partition coefficient (Wildman–Crippen LogP) is 2.07. The van der Waals surface area contributed by atoms with E-state index in [4.69, 9.17) is 9.47 Å². The van der Waals surface area contributed by atoms with Crippen molar-refractivity contribution >= 4 is 17.5 Å². The van der Waals surface area contributed by atoms with Gasteiger partial charge in [0.1, 0.15) is 11.6 Å². The molecule has 1 fully saturated rings. The Kier molecular flexibility index (Phi) is 4.16. The summed E-state index contributed by atoms with van der Waals surface area (Å²) in [6.45, 7) is 3.19. The monoisotopic (exact) mass is 286 g/mol. The van der Waals surface area contributed by atoms with Crippen LogP contribution in [0, 0.1) is 0 Å². The molecule has 2 heterocycles. The predicted molar refractivity (Wildman–Crippen MR) is 81.3 cm³/mol. The van der Waals surface area contributed by atoms with Crippen molar-refractivity contribution in [1.82, 2.24) is 9.97 Å². The van der Waals surface area contributed by atoms with Crippen LogP contribution in [-0.2, 0) is 4.74 Å². The summed E-state index contributed by atoms with van der Waals surface area (Å²) >= 11 is 0. The number of nitrogens with one attached hydrogen (secondary N) is 1. The minimum absolute atomic E-state index is 0.576. The van der Waals surface area contributed by atoms with Crippen molar-refractivity contribution in [2.75, 3.05) is 43.6 Å². The first-order valence-electron chi connectivity index (χ1n) is 6.92. The summed E-state index contributed by atoms with van der Waals surface area (Å²) in [7, 11) is 1.65. The number of nitrogens with zero attached hydrogens (tertiary/aromatic N) is 3. The van der Waals surface area contributed by atoms with Crippen molar-refractivity contribution in [3.05, 3.63) is 36.5 Å². The summed E-state index contributed by atoms with van der Waals surface area (Å²) in [6, 6.07) is 9.60. The number of hydrogen-bond acceptors (Lipinski definition) is 6. The highest BCUT2D eigenvalue weighted by atomic mass is 16.5. The van der Waals surface area contributed by atoms with E-state index in [1.807, 2.05) is 30.3 Å². The van der Waals surface area contributed by atoms with Gasteiger partial charge in [-0.15, -0.1) is 0 Å². The van der Waals surface area contributed by atoms with Gasteiger partial charge in [-0.3, -0.25) is 0 Å². The first-order chi connectivity index (χ1) is 10.3. The molecule has 21 heavy (non-hydrogen) atoms. The van der Waals surface area contributed by atoms with Crippen LogP contribution in [0.2, 0.25) is 0 Å². The largest absolute Gasteiger partial charge is 0.497 e. The Morgan fingerprint density at radius 2 is 2.10 bits per heavy atom. The molecule has 0 aliphatic carbocycles.